The molecule has 0 saturated carbocycles. The standard InChI is InChI=1S/C17H17Cl2F2N3O2/c18-13-9-24(10-14(19)15(13)23-7-1-2-8-23)22-16(25)11-3-5-12(6-4-11)26-17(20)21/h1-8,13-15,17H,9-10H2,(H,22,25). The third kappa shape index (κ3) is 4.47. The maximum absolute atomic E-state index is 12.3. The molecular formula is C17H17Cl2F2N3O2. The maximum atomic E-state index is 12.3. The first-order valence-electron chi connectivity index (χ1n) is 7.95. The van der Waals surface area contributed by atoms with E-state index in [1.807, 2.05) is 29.1 Å². The molecule has 2 aromatic rings. The molecule has 0 bridgehead atoms. The molecule has 0 spiro atoms. The molecule has 2 atom stereocenters. The van der Waals surface area contributed by atoms with Gasteiger partial charge in [-0.3, -0.25) is 10.2 Å². The Morgan fingerprint density at radius 1 is 1.12 bits per heavy atom. The lowest BCUT2D eigenvalue weighted by Crippen LogP contribution is -2.55. The number of hydrogen-bond acceptors (Lipinski definition) is 3. The van der Waals surface area contributed by atoms with E-state index in [9.17, 15) is 13.6 Å². The number of rotatable bonds is 5. The molecule has 1 saturated heterocycles. The van der Waals surface area contributed by atoms with E-state index < -0.39 is 6.61 Å². The highest BCUT2D eigenvalue weighted by Gasteiger charge is 2.36. The van der Waals surface area contributed by atoms with E-state index in [1.54, 1.807) is 5.01 Å². The van der Waals surface area contributed by atoms with Gasteiger partial charge in [0.15, 0.2) is 0 Å². The second-order valence-electron chi connectivity index (χ2n) is 5.90. The molecular weight excluding hydrogens is 387 g/mol. The van der Waals surface area contributed by atoms with Gasteiger partial charge in [-0.1, -0.05) is 0 Å². The second-order valence-corrected chi connectivity index (χ2v) is 7.02. The minimum absolute atomic E-state index is 0.00858. The van der Waals surface area contributed by atoms with E-state index in [4.69, 9.17) is 23.2 Å². The molecule has 1 N–H and O–H groups in total. The molecule has 0 radical (unpaired) electrons. The van der Waals surface area contributed by atoms with Crippen molar-refractivity contribution in [2.45, 2.75) is 23.4 Å². The Bertz CT molecular complexity index is 716. The lowest BCUT2D eigenvalue weighted by Gasteiger charge is -2.39. The number of hydrazine groups is 1. The van der Waals surface area contributed by atoms with Crippen LogP contribution < -0.4 is 10.2 Å². The SMILES string of the molecule is O=C(NN1CC(Cl)C(n2cccc2)C(Cl)C1)c1ccc(OC(F)F)cc1. The van der Waals surface area contributed by atoms with Crippen molar-refractivity contribution in [2.75, 3.05) is 13.1 Å². The van der Waals surface area contributed by atoms with Gasteiger partial charge in [0, 0.05) is 31.0 Å². The molecule has 1 aromatic carbocycles. The Hall–Kier alpha value is -1.83. The maximum Gasteiger partial charge on any atom is 0.387 e. The van der Waals surface area contributed by atoms with E-state index in [0.717, 1.165) is 0 Å². The molecule has 9 heteroatoms. The molecule has 1 aliphatic heterocycles. The minimum atomic E-state index is -2.91. The molecule has 26 heavy (non-hydrogen) atoms. The lowest BCUT2D eigenvalue weighted by molar-refractivity contribution is -0.0498. The Morgan fingerprint density at radius 2 is 1.69 bits per heavy atom. The van der Waals surface area contributed by atoms with Crippen LogP contribution in [0.2, 0.25) is 0 Å². The molecule has 1 aliphatic rings. The van der Waals surface area contributed by atoms with Gasteiger partial charge in [-0.2, -0.15) is 8.78 Å². The Labute approximate surface area is 159 Å². The van der Waals surface area contributed by atoms with Crippen molar-refractivity contribution in [1.29, 1.82) is 0 Å². The zero-order chi connectivity index (χ0) is 18.7. The number of benzene rings is 1. The molecule has 1 aromatic heterocycles. The van der Waals surface area contributed by atoms with Crippen molar-refractivity contribution < 1.29 is 18.3 Å². The van der Waals surface area contributed by atoms with E-state index in [-0.39, 0.29) is 28.5 Å². The number of hydrogen-bond donors (Lipinski definition) is 1. The first-order valence-corrected chi connectivity index (χ1v) is 8.82. The summed E-state index contributed by atoms with van der Waals surface area (Å²) in [5.41, 5.74) is 3.07. The topological polar surface area (TPSA) is 46.5 Å². The summed E-state index contributed by atoms with van der Waals surface area (Å²) in [6, 6.07) is 9.19. The van der Waals surface area contributed by atoms with E-state index in [1.165, 1.54) is 24.3 Å². The van der Waals surface area contributed by atoms with Crippen molar-refractivity contribution in [1.82, 2.24) is 15.0 Å². The highest BCUT2D eigenvalue weighted by atomic mass is 35.5. The predicted octanol–water partition coefficient (Wildman–Crippen LogP) is 3.51. The van der Waals surface area contributed by atoms with Crippen LogP contribution in [-0.4, -0.2) is 45.9 Å². The van der Waals surface area contributed by atoms with Crippen LogP contribution in [0.5, 0.6) is 5.75 Å². The van der Waals surface area contributed by atoms with Crippen LogP contribution in [0.15, 0.2) is 48.8 Å². The fourth-order valence-corrected chi connectivity index (χ4v) is 3.96. The Morgan fingerprint density at radius 3 is 2.23 bits per heavy atom. The third-order valence-electron chi connectivity index (χ3n) is 4.10. The summed E-state index contributed by atoms with van der Waals surface area (Å²) in [6.07, 6.45) is 3.82. The molecule has 0 aliphatic carbocycles. The fourth-order valence-electron chi connectivity index (χ4n) is 2.95. The predicted molar refractivity (Wildman–Crippen MR) is 94.9 cm³/mol. The van der Waals surface area contributed by atoms with Crippen LogP contribution in [0, 0.1) is 0 Å². The summed E-state index contributed by atoms with van der Waals surface area (Å²) in [5, 5.41) is 1.09. The van der Waals surface area contributed by atoms with Crippen molar-refractivity contribution in [3.63, 3.8) is 0 Å². The van der Waals surface area contributed by atoms with Gasteiger partial charge in [0.2, 0.25) is 0 Å². The summed E-state index contributed by atoms with van der Waals surface area (Å²) in [6.45, 7) is -2.06. The van der Waals surface area contributed by atoms with Crippen LogP contribution in [0.1, 0.15) is 16.4 Å². The highest BCUT2D eigenvalue weighted by Crippen LogP contribution is 2.30. The molecule has 140 valence electrons. The smallest absolute Gasteiger partial charge is 0.387 e. The first kappa shape index (κ1) is 18.9. The van der Waals surface area contributed by atoms with Crippen LogP contribution >= 0.6 is 23.2 Å². The number of halogens is 4. The Balaban J connectivity index is 1.60. The van der Waals surface area contributed by atoms with Crippen molar-refractivity contribution in [3.05, 3.63) is 54.4 Å². The van der Waals surface area contributed by atoms with Crippen LogP contribution in [-0.2, 0) is 0 Å². The number of nitrogens with one attached hydrogen (secondary N) is 1. The van der Waals surface area contributed by atoms with Gasteiger partial charge in [-0.15, -0.1) is 23.2 Å². The Kier molecular flexibility index (Phi) is 6.01. The first-order chi connectivity index (χ1) is 12.4. The highest BCUT2D eigenvalue weighted by molar-refractivity contribution is 6.24. The number of aromatic nitrogens is 1. The van der Waals surface area contributed by atoms with Crippen LogP contribution in [0.25, 0.3) is 0 Å². The minimum Gasteiger partial charge on any atom is -0.435 e. The number of carbonyl (C=O) groups excluding carboxylic acids is 1. The van der Waals surface area contributed by atoms with Crippen LogP contribution in [0.4, 0.5) is 8.78 Å². The van der Waals surface area contributed by atoms with Gasteiger partial charge >= 0.3 is 6.61 Å². The summed E-state index contributed by atoms with van der Waals surface area (Å²) in [5.74, 6) is -0.383. The number of nitrogens with zero attached hydrogens (tertiary/aromatic N) is 2. The van der Waals surface area contributed by atoms with E-state index >= 15 is 0 Å². The fraction of sp³-hybridized carbons (Fsp3) is 0.353. The summed E-state index contributed by atoms with van der Waals surface area (Å²) in [4.78, 5) is 12.3. The number of ether oxygens (including phenoxy) is 1. The quantitative estimate of drug-likeness (QED) is 0.777. The number of alkyl halides is 4. The van der Waals surface area contributed by atoms with Gasteiger partial charge in [0.05, 0.1) is 16.8 Å². The van der Waals surface area contributed by atoms with Crippen molar-refractivity contribution in [3.8, 4) is 5.75 Å². The van der Waals surface area contributed by atoms with Gasteiger partial charge in [0.1, 0.15) is 5.75 Å². The molecule has 5 nitrogen and oxygen atoms in total. The molecule has 1 fully saturated rings. The van der Waals surface area contributed by atoms with E-state index in [0.29, 0.717) is 18.7 Å². The van der Waals surface area contributed by atoms with Gasteiger partial charge in [0.25, 0.3) is 5.91 Å². The molecule has 2 heterocycles. The average Bonchev–Trinajstić information content (AvgIpc) is 3.08. The van der Waals surface area contributed by atoms with Crippen LogP contribution in [0.3, 0.4) is 0 Å². The summed E-state index contributed by atoms with van der Waals surface area (Å²) >= 11 is 13.0. The average molecular weight is 404 g/mol. The van der Waals surface area contributed by atoms with Gasteiger partial charge in [-0.05, 0) is 36.4 Å². The normalized spacial score (nSPS) is 23.8. The molecule has 1 amide bonds. The largest absolute Gasteiger partial charge is 0.435 e. The zero-order valence-corrected chi connectivity index (χ0v) is 15.1. The number of amides is 1. The third-order valence-corrected chi connectivity index (χ3v) is 4.90. The number of carbonyl (C=O) groups is 1. The monoisotopic (exact) mass is 403 g/mol. The summed E-state index contributed by atoms with van der Waals surface area (Å²) < 4.78 is 30.6. The van der Waals surface area contributed by atoms with Crippen molar-refractivity contribution in [2.24, 2.45) is 0 Å². The summed E-state index contributed by atoms with van der Waals surface area (Å²) in [7, 11) is 0. The molecule has 2 unspecified atom stereocenters. The molecule has 3 rings (SSSR count). The zero-order valence-electron chi connectivity index (χ0n) is 13.6. The van der Waals surface area contributed by atoms with E-state index in [2.05, 4.69) is 10.2 Å². The van der Waals surface area contributed by atoms with Gasteiger partial charge in [-0.25, -0.2) is 5.01 Å². The van der Waals surface area contributed by atoms with Gasteiger partial charge < -0.3 is 9.30 Å². The van der Waals surface area contributed by atoms with Crippen molar-refractivity contribution >= 4 is 29.1 Å². The number of piperidine rings is 1. The second kappa shape index (κ2) is 8.24. The lowest BCUT2D eigenvalue weighted by atomic mass is 10.0.